The van der Waals surface area contributed by atoms with E-state index < -0.39 is 7.26 Å². The summed E-state index contributed by atoms with van der Waals surface area (Å²) in [5.41, 5.74) is 4.73. The Balaban J connectivity index is 0.00000441. The third kappa shape index (κ3) is 5.70. The summed E-state index contributed by atoms with van der Waals surface area (Å²) in [6.45, 7) is 15.2. The van der Waals surface area contributed by atoms with Gasteiger partial charge in [0.05, 0.1) is 6.16 Å². The van der Waals surface area contributed by atoms with Crippen LogP contribution in [0.2, 0.25) is 0 Å². The Morgan fingerprint density at radius 2 is 1.64 bits per heavy atom. The Kier molecular flexibility index (Phi) is 9.60. The van der Waals surface area contributed by atoms with Crippen molar-refractivity contribution >= 4 is 18.9 Å². The summed E-state index contributed by atoms with van der Waals surface area (Å²) in [5.74, 6) is 0.215. The van der Waals surface area contributed by atoms with Crippen LogP contribution in [0.5, 0.6) is 0 Å². The molecule has 0 aliphatic heterocycles. The molecule has 4 heteroatoms. The van der Waals surface area contributed by atoms with Crippen molar-refractivity contribution in [1.29, 1.82) is 0 Å². The molecular formula is C18H31NOPY+. The van der Waals surface area contributed by atoms with Gasteiger partial charge in [-0.3, -0.25) is 4.79 Å². The minimum Gasteiger partial charge on any atom is -0.322 e. The minimum absolute atomic E-state index is 0. The van der Waals surface area contributed by atoms with Crippen LogP contribution in [0.25, 0.3) is 0 Å². The van der Waals surface area contributed by atoms with E-state index in [1.807, 2.05) is 0 Å². The second-order valence-electron chi connectivity index (χ2n) is 6.66. The molecule has 1 aromatic rings. The Morgan fingerprint density at radius 3 is 2.05 bits per heavy atom. The number of carbonyl (C=O) groups is 1. The van der Waals surface area contributed by atoms with Gasteiger partial charge < -0.3 is 5.32 Å². The van der Waals surface area contributed by atoms with E-state index in [0.29, 0.717) is 0 Å². The van der Waals surface area contributed by atoms with Crippen LogP contribution < -0.4 is 5.32 Å². The van der Waals surface area contributed by atoms with Crippen molar-refractivity contribution in [3.63, 3.8) is 0 Å². The van der Waals surface area contributed by atoms with Crippen LogP contribution in [-0.4, -0.2) is 31.1 Å². The molecule has 0 aliphatic carbocycles. The van der Waals surface area contributed by atoms with Gasteiger partial charge in [-0.25, -0.2) is 0 Å². The number of hydrogen-bond acceptors (Lipinski definition) is 1. The Hall–Kier alpha value is 0.224. The van der Waals surface area contributed by atoms with Crippen molar-refractivity contribution in [2.75, 3.05) is 24.8 Å². The van der Waals surface area contributed by atoms with E-state index in [4.69, 9.17) is 0 Å². The van der Waals surface area contributed by atoms with Crippen LogP contribution in [-0.2, 0) is 37.5 Å². The fourth-order valence-corrected chi connectivity index (χ4v) is 4.97. The SMILES string of the molecule is CCCC(C(=O)Nc1c(C)cc(C)cc1C)[P+](C)(C)CC.[Y]. The van der Waals surface area contributed by atoms with E-state index in [2.05, 4.69) is 65.4 Å². The first-order valence-electron chi connectivity index (χ1n) is 7.94. The molecule has 1 aromatic carbocycles. The third-order valence-electron chi connectivity index (χ3n) is 4.45. The first kappa shape index (κ1) is 22.2. The van der Waals surface area contributed by atoms with E-state index in [1.54, 1.807) is 0 Å². The quantitative estimate of drug-likeness (QED) is 0.672. The molecule has 0 saturated carbocycles. The summed E-state index contributed by atoms with van der Waals surface area (Å²) in [5, 5.41) is 3.22. The molecule has 1 rings (SSSR count). The van der Waals surface area contributed by atoms with Crippen LogP contribution in [0.4, 0.5) is 5.69 Å². The number of anilines is 1. The van der Waals surface area contributed by atoms with E-state index in [9.17, 15) is 4.79 Å². The number of amides is 1. The molecule has 0 fully saturated rings. The molecule has 1 radical (unpaired) electrons. The van der Waals surface area contributed by atoms with Gasteiger partial charge in [0.2, 0.25) is 0 Å². The van der Waals surface area contributed by atoms with Crippen LogP contribution in [0.3, 0.4) is 0 Å². The summed E-state index contributed by atoms with van der Waals surface area (Å²) in [6.07, 6.45) is 3.18. The van der Waals surface area contributed by atoms with Crippen molar-refractivity contribution in [3.05, 3.63) is 28.8 Å². The van der Waals surface area contributed by atoms with Crippen molar-refractivity contribution in [1.82, 2.24) is 0 Å². The van der Waals surface area contributed by atoms with Gasteiger partial charge in [0.25, 0.3) is 5.91 Å². The van der Waals surface area contributed by atoms with E-state index in [0.717, 1.165) is 35.8 Å². The topological polar surface area (TPSA) is 29.1 Å². The molecule has 1 atom stereocenters. The van der Waals surface area contributed by atoms with Gasteiger partial charge in [0, 0.05) is 59.0 Å². The van der Waals surface area contributed by atoms with Gasteiger partial charge in [-0.1, -0.05) is 31.0 Å². The third-order valence-corrected chi connectivity index (χ3v) is 8.26. The second kappa shape index (κ2) is 9.50. The van der Waals surface area contributed by atoms with Crippen molar-refractivity contribution in [2.24, 2.45) is 0 Å². The first-order valence-corrected chi connectivity index (χ1v) is 10.9. The fraction of sp³-hybridized carbons (Fsp3) is 0.611. The summed E-state index contributed by atoms with van der Waals surface area (Å²) in [7, 11) is -1.20. The van der Waals surface area contributed by atoms with E-state index >= 15 is 0 Å². The van der Waals surface area contributed by atoms with Gasteiger partial charge in [-0.05, 0) is 45.2 Å². The van der Waals surface area contributed by atoms with Gasteiger partial charge in [-0.2, -0.15) is 0 Å². The standard InChI is InChI=1S/C18H30NOP.Y/c1-8-10-16(21(6,7)9-2)18(20)19-17-14(4)11-13(3)12-15(17)5;/h11-12,16H,8-10H2,1-7H3;/p+1. The maximum absolute atomic E-state index is 12.8. The normalized spacial score (nSPS) is 12.5. The second-order valence-corrected chi connectivity index (χ2v) is 11.5. The Bertz CT molecular complexity index is 491. The summed E-state index contributed by atoms with van der Waals surface area (Å²) in [4.78, 5) is 12.8. The fourth-order valence-electron chi connectivity index (χ4n) is 2.88. The number of aryl methyl sites for hydroxylation is 3. The largest absolute Gasteiger partial charge is 0.322 e. The monoisotopic (exact) mass is 397 g/mol. The van der Waals surface area contributed by atoms with Crippen LogP contribution >= 0.6 is 7.26 Å². The summed E-state index contributed by atoms with van der Waals surface area (Å²) in [6, 6.07) is 4.27. The summed E-state index contributed by atoms with van der Waals surface area (Å²) < 4.78 is 0. The van der Waals surface area contributed by atoms with Crippen molar-refractivity contribution < 1.29 is 37.5 Å². The maximum Gasteiger partial charge on any atom is 0.265 e. The molecule has 0 aromatic heterocycles. The molecular weight excluding hydrogens is 366 g/mol. The van der Waals surface area contributed by atoms with Crippen LogP contribution in [0.15, 0.2) is 12.1 Å². The molecule has 22 heavy (non-hydrogen) atoms. The average molecular weight is 397 g/mol. The van der Waals surface area contributed by atoms with Crippen LogP contribution in [0.1, 0.15) is 43.4 Å². The van der Waals surface area contributed by atoms with Gasteiger partial charge in [-0.15, -0.1) is 0 Å². The number of rotatable bonds is 6. The number of nitrogens with one attached hydrogen (secondary N) is 1. The summed E-state index contributed by atoms with van der Waals surface area (Å²) >= 11 is 0. The molecule has 121 valence electrons. The smallest absolute Gasteiger partial charge is 0.265 e. The molecule has 0 spiro atoms. The van der Waals surface area contributed by atoms with Gasteiger partial charge in [0.1, 0.15) is 5.66 Å². The van der Waals surface area contributed by atoms with E-state index in [-0.39, 0.29) is 44.3 Å². The minimum atomic E-state index is -1.20. The molecule has 0 heterocycles. The molecule has 0 bridgehead atoms. The Labute approximate surface area is 162 Å². The molecule has 0 saturated heterocycles. The molecule has 2 nitrogen and oxygen atoms in total. The average Bonchev–Trinajstić information content (AvgIpc) is 2.39. The maximum atomic E-state index is 12.8. The number of benzene rings is 1. The van der Waals surface area contributed by atoms with Crippen molar-refractivity contribution in [3.8, 4) is 0 Å². The van der Waals surface area contributed by atoms with Gasteiger partial charge in [0.15, 0.2) is 0 Å². The first-order chi connectivity index (χ1) is 9.72. The zero-order valence-electron chi connectivity index (χ0n) is 15.3. The van der Waals surface area contributed by atoms with E-state index in [1.165, 1.54) is 5.56 Å². The molecule has 1 amide bonds. The molecule has 0 aliphatic rings. The van der Waals surface area contributed by atoms with Crippen LogP contribution in [0, 0.1) is 20.8 Å². The Morgan fingerprint density at radius 1 is 1.14 bits per heavy atom. The molecule has 1 N–H and O–H groups in total. The zero-order valence-corrected chi connectivity index (χ0v) is 19.0. The number of carbonyl (C=O) groups excluding carboxylic acids is 1. The predicted molar refractivity (Wildman–Crippen MR) is 97.3 cm³/mol. The predicted octanol–water partition coefficient (Wildman–Crippen LogP) is 5.01. The zero-order chi connectivity index (χ0) is 16.2. The molecule has 1 unspecified atom stereocenters. The number of hydrogen-bond donors (Lipinski definition) is 1. The van der Waals surface area contributed by atoms with Crippen molar-refractivity contribution in [2.45, 2.75) is 53.1 Å². The van der Waals surface area contributed by atoms with Gasteiger partial charge >= 0.3 is 0 Å².